The fraction of sp³-hybridized carbons (Fsp3) is 0.818. The van der Waals surface area contributed by atoms with Crippen molar-refractivity contribution in [3.63, 3.8) is 0 Å². The van der Waals surface area contributed by atoms with Crippen LogP contribution in [0.15, 0.2) is 25.7 Å². The molecule has 0 radical (unpaired) electrons. The molecule has 0 aliphatic rings. The fourth-order valence-electron chi connectivity index (χ4n) is 2.02. The molecule has 0 rings (SSSR count). The summed E-state index contributed by atoms with van der Waals surface area (Å²) in [5.74, 6) is 0. The third kappa shape index (κ3) is 28.8. The van der Waals surface area contributed by atoms with Gasteiger partial charge < -0.3 is 47.4 Å². The highest BCUT2D eigenvalue weighted by molar-refractivity contribution is 4.48. The largest absolute Gasteiger partial charge is 0.499 e. The second-order valence-electron chi connectivity index (χ2n) is 5.97. The molecule has 0 bridgehead atoms. The van der Waals surface area contributed by atoms with Crippen molar-refractivity contribution in [2.75, 3.05) is 119 Å². The summed E-state index contributed by atoms with van der Waals surface area (Å²) in [6, 6.07) is 0. The van der Waals surface area contributed by atoms with Gasteiger partial charge in [-0.25, -0.2) is 0 Å². The topological polar surface area (TPSA) is 92.3 Å². The van der Waals surface area contributed by atoms with Crippen molar-refractivity contribution in [3.8, 4) is 0 Å². The Hall–Kier alpha value is -1.24. The quantitative estimate of drug-likeness (QED) is 0.119. The lowest BCUT2D eigenvalue weighted by atomic mass is 10.6. The van der Waals surface area contributed by atoms with E-state index < -0.39 is 0 Å². The molecule has 0 aliphatic carbocycles. The zero-order valence-electron chi connectivity index (χ0n) is 19.4. The number of ether oxygens (including phenoxy) is 10. The lowest BCUT2D eigenvalue weighted by Gasteiger charge is -2.08. The highest BCUT2D eigenvalue weighted by Gasteiger charge is 1.95. The van der Waals surface area contributed by atoms with Crippen LogP contribution in [0.5, 0.6) is 0 Å². The SMILES string of the molecule is C=COCCOCCOCCOCCOCCOCCOCCOCCOCCOC=C. The normalized spacial score (nSPS) is 10.9. The molecule has 10 nitrogen and oxygen atoms in total. The monoisotopic (exact) mass is 466 g/mol. The minimum atomic E-state index is 0.506. The van der Waals surface area contributed by atoms with Gasteiger partial charge in [0.15, 0.2) is 0 Å². The van der Waals surface area contributed by atoms with Crippen molar-refractivity contribution in [1.82, 2.24) is 0 Å². The average molecular weight is 467 g/mol. The Labute approximate surface area is 192 Å². The summed E-state index contributed by atoms with van der Waals surface area (Å²) in [4.78, 5) is 0. The second-order valence-corrected chi connectivity index (χ2v) is 5.97. The molecule has 0 aromatic rings. The molecule has 0 spiro atoms. The van der Waals surface area contributed by atoms with Crippen LogP contribution in [0.3, 0.4) is 0 Å². The van der Waals surface area contributed by atoms with Crippen LogP contribution < -0.4 is 0 Å². The summed E-state index contributed by atoms with van der Waals surface area (Å²) in [7, 11) is 0. The molecule has 0 saturated carbocycles. The van der Waals surface area contributed by atoms with Crippen LogP contribution >= 0.6 is 0 Å². The van der Waals surface area contributed by atoms with Gasteiger partial charge in [0, 0.05) is 0 Å². The van der Waals surface area contributed by atoms with Crippen LogP contribution in [0, 0.1) is 0 Å². The third-order valence-corrected chi connectivity index (χ3v) is 3.53. The third-order valence-electron chi connectivity index (χ3n) is 3.53. The first kappa shape index (κ1) is 30.8. The standard InChI is InChI=1S/C22H42O10/c1-3-23-5-7-25-9-11-27-13-15-29-17-19-31-21-22-32-20-18-30-16-14-28-12-10-26-8-6-24-4-2/h3-4H,1-2,5-22H2. The van der Waals surface area contributed by atoms with Crippen LogP contribution in [0.1, 0.15) is 0 Å². The van der Waals surface area contributed by atoms with E-state index in [1.54, 1.807) is 0 Å². The Balaban J connectivity index is 2.99. The first-order valence-corrected chi connectivity index (χ1v) is 11.0. The van der Waals surface area contributed by atoms with Crippen molar-refractivity contribution in [1.29, 1.82) is 0 Å². The van der Waals surface area contributed by atoms with Crippen LogP contribution in [-0.2, 0) is 47.4 Å². The van der Waals surface area contributed by atoms with Crippen LogP contribution in [0.25, 0.3) is 0 Å². The van der Waals surface area contributed by atoms with Gasteiger partial charge in [0.05, 0.1) is 118 Å². The molecule has 0 fully saturated rings. The molecule has 0 aliphatic heterocycles. The molecule has 0 aromatic carbocycles. The highest BCUT2D eigenvalue weighted by Crippen LogP contribution is 1.86. The van der Waals surface area contributed by atoms with E-state index in [9.17, 15) is 0 Å². The maximum atomic E-state index is 5.42. The van der Waals surface area contributed by atoms with E-state index in [1.165, 1.54) is 12.5 Å². The van der Waals surface area contributed by atoms with E-state index >= 15 is 0 Å². The van der Waals surface area contributed by atoms with Crippen LogP contribution in [-0.4, -0.2) is 119 Å². The number of hydrogen-bond acceptors (Lipinski definition) is 10. The van der Waals surface area contributed by atoms with E-state index in [2.05, 4.69) is 13.2 Å². The summed E-state index contributed by atoms with van der Waals surface area (Å²) in [6.45, 7) is 16.3. The molecule has 0 atom stereocenters. The minimum absolute atomic E-state index is 0.506. The zero-order chi connectivity index (χ0) is 23.2. The van der Waals surface area contributed by atoms with Gasteiger partial charge in [-0.2, -0.15) is 0 Å². The summed E-state index contributed by atoms with van der Waals surface area (Å²) >= 11 is 0. The van der Waals surface area contributed by atoms with Gasteiger partial charge in [0.1, 0.15) is 13.2 Å². The van der Waals surface area contributed by atoms with Crippen molar-refractivity contribution < 1.29 is 47.4 Å². The van der Waals surface area contributed by atoms with Crippen LogP contribution in [0.2, 0.25) is 0 Å². The molecule has 0 aromatic heterocycles. The van der Waals surface area contributed by atoms with Crippen molar-refractivity contribution in [2.45, 2.75) is 0 Å². The van der Waals surface area contributed by atoms with Crippen LogP contribution in [0.4, 0.5) is 0 Å². The van der Waals surface area contributed by atoms with Crippen molar-refractivity contribution >= 4 is 0 Å². The Morgan fingerprint density at radius 2 is 0.438 bits per heavy atom. The smallest absolute Gasteiger partial charge is 0.111 e. The van der Waals surface area contributed by atoms with Gasteiger partial charge in [-0.1, -0.05) is 13.2 Å². The summed E-state index contributed by atoms with van der Waals surface area (Å²) < 4.78 is 52.9. The summed E-state index contributed by atoms with van der Waals surface area (Å²) in [6.07, 6.45) is 2.79. The fourth-order valence-corrected chi connectivity index (χ4v) is 2.02. The maximum Gasteiger partial charge on any atom is 0.111 e. The van der Waals surface area contributed by atoms with Crippen molar-refractivity contribution in [3.05, 3.63) is 25.7 Å². The van der Waals surface area contributed by atoms with Gasteiger partial charge in [0.2, 0.25) is 0 Å². The molecule has 190 valence electrons. The lowest BCUT2D eigenvalue weighted by molar-refractivity contribution is -0.0246. The molecule has 32 heavy (non-hydrogen) atoms. The minimum Gasteiger partial charge on any atom is -0.499 e. The summed E-state index contributed by atoms with van der Waals surface area (Å²) in [5.41, 5.74) is 0. The molecular formula is C22H42O10. The van der Waals surface area contributed by atoms with E-state index in [0.29, 0.717) is 119 Å². The lowest BCUT2D eigenvalue weighted by Crippen LogP contribution is -2.15. The van der Waals surface area contributed by atoms with E-state index in [4.69, 9.17) is 47.4 Å². The predicted molar refractivity (Wildman–Crippen MR) is 119 cm³/mol. The average Bonchev–Trinajstić information content (AvgIpc) is 2.81. The second kappa shape index (κ2) is 29.8. The first-order chi connectivity index (χ1) is 15.9. The van der Waals surface area contributed by atoms with Gasteiger partial charge >= 0.3 is 0 Å². The number of hydrogen-bond donors (Lipinski definition) is 0. The van der Waals surface area contributed by atoms with Gasteiger partial charge in [-0.3, -0.25) is 0 Å². The molecular weight excluding hydrogens is 424 g/mol. The predicted octanol–water partition coefficient (Wildman–Crippen LogP) is 1.44. The van der Waals surface area contributed by atoms with Gasteiger partial charge in [-0.15, -0.1) is 0 Å². The Bertz CT molecular complexity index is 337. The zero-order valence-corrected chi connectivity index (χ0v) is 19.4. The Kier molecular flexibility index (Phi) is 28.6. The maximum absolute atomic E-state index is 5.42. The first-order valence-electron chi connectivity index (χ1n) is 11.0. The summed E-state index contributed by atoms with van der Waals surface area (Å²) in [5, 5.41) is 0. The highest BCUT2D eigenvalue weighted by atomic mass is 16.6. The Morgan fingerprint density at radius 1 is 0.281 bits per heavy atom. The number of rotatable bonds is 29. The van der Waals surface area contributed by atoms with E-state index in [-0.39, 0.29) is 0 Å². The molecule has 0 N–H and O–H groups in total. The van der Waals surface area contributed by atoms with E-state index in [1.807, 2.05) is 0 Å². The molecule has 10 heteroatoms. The van der Waals surface area contributed by atoms with Crippen molar-refractivity contribution in [2.24, 2.45) is 0 Å². The van der Waals surface area contributed by atoms with Gasteiger partial charge in [0.25, 0.3) is 0 Å². The molecule has 0 heterocycles. The van der Waals surface area contributed by atoms with Gasteiger partial charge in [-0.05, 0) is 0 Å². The molecule has 0 unspecified atom stereocenters. The Morgan fingerprint density at radius 3 is 0.594 bits per heavy atom. The molecule has 0 amide bonds. The van der Waals surface area contributed by atoms with E-state index in [0.717, 1.165) is 0 Å². The molecule has 0 saturated heterocycles.